The first kappa shape index (κ1) is 21.3. The van der Waals surface area contributed by atoms with Crippen LogP contribution in [0, 0.1) is 29.1 Å². The number of piperidine rings is 1. The van der Waals surface area contributed by atoms with Crippen molar-refractivity contribution in [3.05, 3.63) is 0 Å². The summed E-state index contributed by atoms with van der Waals surface area (Å²) in [5.74, 6) is -1.72. The largest absolute Gasteiger partial charge is 0.475 e. The number of nitrogens with one attached hydrogen (secondary N) is 1. The van der Waals surface area contributed by atoms with Crippen LogP contribution in [0.15, 0.2) is 0 Å². The lowest BCUT2D eigenvalue weighted by Gasteiger charge is -2.32. The second kappa shape index (κ2) is 7.97. The number of carbonyl (C=O) groups excluding carboxylic acids is 3. The minimum atomic E-state index is -1.51. The number of carboxylic acid groups (broad SMARTS) is 1. The van der Waals surface area contributed by atoms with E-state index in [0.29, 0.717) is 37.1 Å². The Morgan fingerprint density at radius 3 is 2.30 bits per heavy atom. The standard InChI is InChI=1S/C23H34N2O5/c1-23(2)15-12-25(17(26)11-13-6-4-3-5-7-13)19(18(15)23)21(28)24-16(10-14-8-9-14)20(27)22(29)30/h13-16,18-19H,3-12H2,1-2H3,(H,24,28)(H,29,30). The Morgan fingerprint density at radius 2 is 1.70 bits per heavy atom. The lowest BCUT2D eigenvalue weighted by molar-refractivity contribution is -0.151. The lowest BCUT2D eigenvalue weighted by Crippen LogP contribution is -2.54. The van der Waals surface area contributed by atoms with Gasteiger partial charge in [0.15, 0.2) is 0 Å². The molecule has 2 N–H and O–H groups in total. The smallest absolute Gasteiger partial charge is 0.374 e. The Labute approximate surface area is 177 Å². The van der Waals surface area contributed by atoms with E-state index < -0.39 is 23.8 Å². The molecule has 3 aliphatic carbocycles. The molecule has 0 aromatic carbocycles. The SMILES string of the molecule is CC1(C)C2CN(C(=O)CC3CCCCC3)C(C(=O)NC(CC3CC3)C(=O)C(=O)O)C21. The molecule has 1 heterocycles. The molecule has 0 aromatic heterocycles. The van der Waals surface area contributed by atoms with E-state index >= 15 is 0 Å². The first-order valence-corrected chi connectivity index (χ1v) is 11.6. The van der Waals surface area contributed by atoms with Gasteiger partial charge in [-0.15, -0.1) is 0 Å². The number of carboxylic acids is 1. The number of fused-ring (bicyclic) bond motifs is 1. The number of aliphatic carboxylic acids is 1. The quantitative estimate of drug-likeness (QED) is 0.589. The highest BCUT2D eigenvalue weighted by atomic mass is 16.4. The van der Waals surface area contributed by atoms with E-state index in [0.717, 1.165) is 25.7 Å². The fourth-order valence-electron chi connectivity index (χ4n) is 5.92. The van der Waals surface area contributed by atoms with E-state index in [9.17, 15) is 19.2 Å². The summed E-state index contributed by atoms with van der Waals surface area (Å²) in [6.07, 6.45) is 8.51. The average molecular weight is 419 g/mol. The second-order valence-corrected chi connectivity index (χ2v) is 10.6. The summed E-state index contributed by atoms with van der Waals surface area (Å²) in [6, 6.07) is -1.59. The third-order valence-electron chi connectivity index (χ3n) is 8.10. The predicted octanol–water partition coefficient (Wildman–Crippen LogP) is 2.38. The Balaban J connectivity index is 1.46. The van der Waals surface area contributed by atoms with E-state index in [1.54, 1.807) is 4.90 Å². The third-order valence-corrected chi connectivity index (χ3v) is 8.10. The molecule has 0 bridgehead atoms. The molecule has 7 heteroatoms. The fourth-order valence-corrected chi connectivity index (χ4v) is 5.92. The molecular weight excluding hydrogens is 384 g/mol. The molecule has 0 spiro atoms. The Morgan fingerprint density at radius 1 is 1.03 bits per heavy atom. The van der Waals surface area contributed by atoms with Crippen LogP contribution in [0.5, 0.6) is 0 Å². The number of amides is 2. The number of ketones is 1. The molecule has 4 fully saturated rings. The maximum atomic E-state index is 13.3. The van der Waals surface area contributed by atoms with Gasteiger partial charge in [-0.05, 0) is 48.3 Å². The molecule has 4 aliphatic rings. The molecule has 1 saturated heterocycles. The van der Waals surface area contributed by atoms with E-state index in [-0.39, 0.29) is 23.1 Å². The number of likely N-dealkylation sites (tertiary alicyclic amines) is 1. The number of nitrogens with zero attached hydrogens (tertiary/aromatic N) is 1. The molecule has 4 atom stereocenters. The molecular formula is C23H34N2O5. The number of Topliss-reactive ketones (excluding diaryl/α,β-unsaturated/α-hetero) is 1. The first-order chi connectivity index (χ1) is 14.2. The highest BCUT2D eigenvalue weighted by Gasteiger charge is 2.69. The van der Waals surface area contributed by atoms with Crippen LogP contribution < -0.4 is 5.32 Å². The Kier molecular flexibility index (Phi) is 5.66. The lowest BCUT2D eigenvalue weighted by atomic mass is 9.86. The van der Waals surface area contributed by atoms with Gasteiger partial charge in [0.1, 0.15) is 6.04 Å². The van der Waals surface area contributed by atoms with Crippen molar-refractivity contribution in [1.82, 2.24) is 10.2 Å². The average Bonchev–Trinajstić information content (AvgIpc) is 3.54. The number of hydrogen-bond acceptors (Lipinski definition) is 4. The number of hydrogen-bond donors (Lipinski definition) is 2. The van der Waals surface area contributed by atoms with Crippen LogP contribution in [-0.4, -0.2) is 52.2 Å². The summed E-state index contributed by atoms with van der Waals surface area (Å²) in [6.45, 7) is 4.83. The maximum Gasteiger partial charge on any atom is 0.374 e. The van der Waals surface area contributed by atoms with Crippen molar-refractivity contribution in [2.75, 3.05) is 6.54 Å². The van der Waals surface area contributed by atoms with Crippen LogP contribution in [0.4, 0.5) is 0 Å². The Hall–Kier alpha value is -1.92. The van der Waals surface area contributed by atoms with Crippen LogP contribution in [0.25, 0.3) is 0 Å². The zero-order chi connectivity index (χ0) is 21.6. The van der Waals surface area contributed by atoms with E-state index in [4.69, 9.17) is 5.11 Å². The summed E-state index contributed by atoms with van der Waals surface area (Å²) < 4.78 is 0. The maximum absolute atomic E-state index is 13.3. The van der Waals surface area contributed by atoms with Crippen molar-refractivity contribution in [1.29, 1.82) is 0 Å². The molecule has 0 aromatic rings. The van der Waals surface area contributed by atoms with Gasteiger partial charge >= 0.3 is 5.97 Å². The van der Waals surface area contributed by atoms with Gasteiger partial charge < -0.3 is 15.3 Å². The normalized spacial score (nSPS) is 31.0. The zero-order valence-corrected chi connectivity index (χ0v) is 18.1. The molecule has 166 valence electrons. The molecule has 30 heavy (non-hydrogen) atoms. The van der Waals surface area contributed by atoms with Gasteiger partial charge in [0.25, 0.3) is 5.78 Å². The monoisotopic (exact) mass is 418 g/mol. The minimum absolute atomic E-state index is 0.00752. The number of rotatable bonds is 8. The molecule has 7 nitrogen and oxygen atoms in total. The first-order valence-electron chi connectivity index (χ1n) is 11.6. The summed E-state index contributed by atoms with van der Waals surface area (Å²) in [4.78, 5) is 51.5. The second-order valence-electron chi connectivity index (χ2n) is 10.6. The van der Waals surface area contributed by atoms with Crippen molar-refractivity contribution in [2.24, 2.45) is 29.1 Å². The summed E-state index contributed by atoms with van der Waals surface area (Å²) in [5.41, 5.74) is -0.00752. The van der Waals surface area contributed by atoms with Crippen molar-refractivity contribution < 1.29 is 24.3 Å². The van der Waals surface area contributed by atoms with Crippen molar-refractivity contribution in [3.63, 3.8) is 0 Å². The highest BCUT2D eigenvalue weighted by Crippen LogP contribution is 2.65. The summed E-state index contributed by atoms with van der Waals surface area (Å²) in [5, 5.41) is 11.9. The summed E-state index contributed by atoms with van der Waals surface area (Å²) in [7, 11) is 0. The molecule has 4 unspecified atom stereocenters. The fraction of sp³-hybridized carbons (Fsp3) is 0.826. The van der Waals surface area contributed by atoms with Gasteiger partial charge in [0.05, 0.1) is 6.04 Å². The Bertz CT molecular complexity index is 738. The topological polar surface area (TPSA) is 104 Å². The molecule has 1 aliphatic heterocycles. The van der Waals surface area contributed by atoms with E-state index in [2.05, 4.69) is 19.2 Å². The number of carbonyl (C=O) groups is 4. The van der Waals surface area contributed by atoms with Crippen molar-refractivity contribution in [2.45, 2.75) is 83.7 Å². The van der Waals surface area contributed by atoms with Gasteiger partial charge in [0, 0.05) is 13.0 Å². The predicted molar refractivity (Wildman–Crippen MR) is 109 cm³/mol. The van der Waals surface area contributed by atoms with Crippen molar-refractivity contribution >= 4 is 23.6 Å². The van der Waals surface area contributed by atoms with Gasteiger partial charge in [-0.3, -0.25) is 14.4 Å². The van der Waals surface area contributed by atoms with Gasteiger partial charge in [0.2, 0.25) is 11.8 Å². The highest BCUT2D eigenvalue weighted by molar-refractivity contribution is 6.35. The van der Waals surface area contributed by atoms with Gasteiger partial charge in [-0.25, -0.2) is 4.79 Å². The van der Waals surface area contributed by atoms with Crippen LogP contribution in [-0.2, 0) is 19.2 Å². The molecule has 4 rings (SSSR count). The van der Waals surface area contributed by atoms with Crippen molar-refractivity contribution in [3.8, 4) is 0 Å². The van der Waals surface area contributed by atoms with Crippen LogP contribution in [0.3, 0.4) is 0 Å². The van der Waals surface area contributed by atoms with Crippen LogP contribution in [0.1, 0.15) is 71.6 Å². The third kappa shape index (κ3) is 4.12. The summed E-state index contributed by atoms with van der Waals surface area (Å²) >= 11 is 0. The van der Waals surface area contributed by atoms with E-state index in [1.165, 1.54) is 19.3 Å². The molecule has 3 saturated carbocycles. The van der Waals surface area contributed by atoms with Gasteiger partial charge in [-0.2, -0.15) is 0 Å². The molecule has 2 amide bonds. The van der Waals surface area contributed by atoms with Gasteiger partial charge in [-0.1, -0.05) is 46.0 Å². The van der Waals surface area contributed by atoms with Crippen LogP contribution in [0.2, 0.25) is 0 Å². The van der Waals surface area contributed by atoms with Crippen LogP contribution >= 0.6 is 0 Å². The zero-order valence-electron chi connectivity index (χ0n) is 18.1. The molecule has 0 radical (unpaired) electrons. The minimum Gasteiger partial charge on any atom is -0.475 e. The van der Waals surface area contributed by atoms with E-state index in [1.807, 2.05) is 0 Å².